The maximum Gasteiger partial charge on any atom is 0.324 e. The van der Waals surface area contributed by atoms with Gasteiger partial charge in [0.15, 0.2) is 5.82 Å². The number of urea groups is 1. The van der Waals surface area contributed by atoms with E-state index in [2.05, 4.69) is 25.5 Å². The second kappa shape index (κ2) is 7.55. The lowest BCUT2D eigenvalue weighted by Gasteiger charge is -2.14. The van der Waals surface area contributed by atoms with Crippen molar-refractivity contribution < 1.29 is 9.53 Å². The van der Waals surface area contributed by atoms with Crippen LogP contribution >= 0.6 is 0 Å². The molecule has 1 heterocycles. The summed E-state index contributed by atoms with van der Waals surface area (Å²) < 4.78 is 5.35. The third kappa shape index (κ3) is 4.93. The maximum atomic E-state index is 12.0. The average molecular weight is 315 g/mol. The Labute approximate surface area is 135 Å². The number of nitrogens with one attached hydrogen (secondary N) is 2. The molecule has 0 aliphatic heterocycles. The number of nitrogens with zero attached hydrogens (tertiary/aromatic N) is 3. The standard InChI is InChI=1S/C16H21N5O2/c1-11-8-18-15(9-17-11)20-16(22)19-13-6-5-12(10-21(2)3)7-14(13)23-4/h5-9H,10H2,1-4H3,(H2,18,19,20,22). The largest absolute Gasteiger partial charge is 0.495 e. The Morgan fingerprint density at radius 1 is 1.22 bits per heavy atom. The van der Waals surface area contributed by atoms with E-state index in [4.69, 9.17) is 4.74 Å². The van der Waals surface area contributed by atoms with E-state index in [1.807, 2.05) is 39.2 Å². The Morgan fingerprint density at radius 3 is 2.61 bits per heavy atom. The first-order chi connectivity index (χ1) is 11.0. The molecule has 0 bridgehead atoms. The van der Waals surface area contributed by atoms with Gasteiger partial charge in [0.25, 0.3) is 0 Å². The Morgan fingerprint density at radius 2 is 2.00 bits per heavy atom. The molecule has 2 aromatic rings. The molecule has 0 atom stereocenters. The molecule has 2 amide bonds. The van der Waals surface area contributed by atoms with Gasteiger partial charge < -0.3 is 15.0 Å². The zero-order valence-corrected chi connectivity index (χ0v) is 13.8. The number of aromatic nitrogens is 2. The molecule has 0 unspecified atom stereocenters. The smallest absolute Gasteiger partial charge is 0.324 e. The van der Waals surface area contributed by atoms with Crippen molar-refractivity contribution in [3.05, 3.63) is 41.9 Å². The fourth-order valence-corrected chi connectivity index (χ4v) is 2.03. The lowest BCUT2D eigenvalue weighted by Crippen LogP contribution is -2.20. The van der Waals surface area contributed by atoms with Crippen molar-refractivity contribution in [2.45, 2.75) is 13.5 Å². The number of aryl methyl sites for hydroxylation is 1. The van der Waals surface area contributed by atoms with Crippen LogP contribution in [-0.4, -0.2) is 42.1 Å². The molecule has 122 valence electrons. The predicted molar refractivity (Wildman–Crippen MR) is 89.8 cm³/mol. The fourth-order valence-electron chi connectivity index (χ4n) is 2.03. The minimum Gasteiger partial charge on any atom is -0.495 e. The van der Waals surface area contributed by atoms with Crippen molar-refractivity contribution in [2.24, 2.45) is 0 Å². The quantitative estimate of drug-likeness (QED) is 0.886. The van der Waals surface area contributed by atoms with Gasteiger partial charge in [-0.15, -0.1) is 0 Å². The summed E-state index contributed by atoms with van der Waals surface area (Å²) in [5.74, 6) is 0.991. The van der Waals surface area contributed by atoms with E-state index in [-0.39, 0.29) is 0 Å². The van der Waals surface area contributed by atoms with E-state index in [0.29, 0.717) is 17.3 Å². The first-order valence-electron chi connectivity index (χ1n) is 7.16. The number of ether oxygens (including phenoxy) is 1. The van der Waals surface area contributed by atoms with Crippen LogP contribution in [0.25, 0.3) is 0 Å². The van der Waals surface area contributed by atoms with E-state index >= 15 is 0 Å². The van der Waals surface area contributed by atoms with Crippen LogP contribution in [-0.2, 0) is 6.54 Å². The van der Waals surface area contributed by atoms with Gasteiger partial charge in [-0.25, -0.2) is 9.78 Å². The maximum absolute atomic E-state index is 12.0. The number of carbonyl (C=O) groups excluding carboxylic acids is 1. The highest BCUT2D eigenvalue weighted by Crippen LogP contribution is 2.26. The Kier molecular flexibility index (Phi) is 5.48. The van der Waals surface area contributed by atoms with Crippen molar-refractivity contribution >= 4 is 17.5 Å². The Hall–Kier alpha value is -2.67. The molecular weight excluding hydrogens is 294 g/mol. The van der Waals surface area contributed by atoms with E-state index in [9.17, 15) is 4.79 Å². The highest BCUT2D eigenvalue weighted by Gasteiger charge is 2.09. The molecule has 23 heavy (non-hydrogen) atoms. The zero-order valence-electron chi connectivity index (χ0n) is 13.8. The summed E-state index contributed by atoms with van der Waals surface area (Å²) in [6.07, 6.45) is 3.10. The second-order valence-corrected chi connectivity index (χ2v) is 5.39. The summed E-state index contributed by atoms with van der Waals surface area (Å²) in [5.41, 5.74) is 2.48. The highest BCUT2D eigenvalue weighted by atomic mass is 16.5. The Bertz CT molecular complexity index is 671. The van der Waals surface area contributed by atoms with Gasteiger partial charge in [0.2, 0.25) is 0 Å². The molecule has 0 aliphatic rings. The third-order valence-electron chi connectivity index (χ3n) is 3.04. The summed E-state index contributed by atoms with van der Waals surface area (Å²) in [6.45, 7) is 2.62. The summed E-state index contributed by atoms with van der Waals surface area (Å²) in [6, 6.07) is 5.27. The van der Waals surface area contributed by atoms with E-state index in [0.717, 1.165) is 17.8 Å². The fraction of sp³-hybridized carbons (Fsp3) is 0.312. The van der Waals surface area contributed by atoms with Crippen LogP contribution in [0.5, 0.6) is 5.75 Å². The lowest BCUT2D eigenvalue weighted by atomic mass is 10.2. The molecule has 0 saturated heterocycles. The summed E-state index contributed by atoms with van der Waals surface area (Å²) in [4.78, 5) is 22.3. The van der Waals surface area contributed by atoms with Gasteiger partial charge in [-0.2, -0.15) is 0 Å². The molecule has 2 N–H and O–H groups in total. The van der Waals surface area contributed by atoms with Gasteiger partial charge >= 0.3 is 6.03 Å². The molecule has 0 spiro atoms. The van der Waals surface area contributed by atoms with Crippen molar-refractivity contribution in [3.8, 4) is 5.75 Å². The van der Waals surface area contributed by atoms with E-state index in [1.165, 1.54) is 6.20 Å². The van der Waals surface area contributed by atoms with Crippen molar-refractivity contribution in [1.29, 1.82) is 0 Å². The van der Waals surface area contributed by atoms with E-state index in [1.54, 1.807) is 13.3 Å². The zero-order chi connectivity index (χ0) is 16.8. The molecule has 7 heteroatoms. The van der Waals surface area contributed by atoms with Gasteiger partial charge in [-0.1, -0.05) is 6.07 Å². The number of methoxy groups -OCH3 is 1. The third-order valence-corrected chi connectivity index (χ3v) is 3.04. The normalized spacial score (nSPS) is 10.5. The van der Waals surface area contributed by atoms with Crippen LogP contribution < -0.4 is 15.4 Å². The van der Waals surface area contributed by atoms with E-state index < -0.39 is 6.03 Å². The van der Waals surface area contributed by atoms with Gasteiger partial charge in [-0.3, -0.25) is 10.3 Å². The predicted octanol–water partition coefficient (Wildman–Crippen LogP) is 2.50. The number of anilines is 2. The van der Waals surface area contributed by atoms with Crippen molar-refractivity contribution in [1.82, 2.24) is 14.9 Å². The number of hydrogen-bond acceptors (Lipinski definition) is 5. The summed E-state index contributed by atoms with van der Waals surface area (Å²) in [7, 11) is 5.56. The minimum absolute atomic E-state index is 0.385. The molecule has 0 radical (unpaired) electrons. The first-order valence-corrected chi connectivity index (χ1v) is 7.16. The minimum atomic E-state index is -0.401. The van der Waals surface area contributed by atoms with Gasteiger partial charge in [-0.05, 0) is 38.7 Å². The van der Waals surface area contributed by atoms with Crippen LogP contribution in [0.3, 0.4) is 0 Å². The number of benzene rings is 1. The summed E-state index contributed by atoms with van der Waals surface area (Å²) >= 11 is 0. The number of carbonyl (C=O) groups is 1. The molecule has 7 nitrogen and oxygen atoms in total. The van der Waals surface area contributed by atoms with Crippen molar-refractivity contribution in [2.75, 3.05) is 31.8 Å². The molecule has 1 aromatic heterocycles. The molecular formula is C16H21N5O2. The van der Waals surface area contributed by atoms with Crippen molar-refractivity contribution in [3.63, 3.8) is 0 Å². The number of amides is 2. The molecule has 2 rings (SSSR count). The topological polar surface area (TPSA) is 79.4 Å². The molecule has 0 aliphatic carbocycles. The lowest BCUT2D eigenvalue weighted by molar-refractivity contribution is 0.262. The second-order valence-electron chi connectivity index (χ2n) is 5.39. The number of hydrogen-bond donors (Lipinski definition) is 2. The molecule has 0 fully saturated rings. The van der Waals surface area contributed by atoms with Crippen LogP contribution in [0.15, 0.2) is 30.6 Å². The van der Waals surface area contributed by atoms with Crippen LogP contribution in [0.4, 0.5) is 16.3 Å². The highest BCUT2D eigenvalue weighted by molar-refractivity contribution is 6.00. The molecule has 1 aromatic carbocycles. The van der Waals surface area contributed by atoms with Crippen LogP contribution in [0.1, 0.15) is 11.3 Å². The van der Waals surface area contributed by atoms with Crippen LogP contribution in [0, 0.1) is 6.92 Å². The van der Waals surface area contributed by atoms with Gasteiger partial charge in [0.05, 0.1) is 30.9 Å². The summed E-state index contributed by atoms with van der Waals surface area (Å²) in [5, 5.41) is 5.38. The Balaban J connectivity index is 2.06. The van der Waals surface area contributed by atoms with Gasteiger partial charge in [0, 0.05) is 6.54 Å². The molecule has 0 saturated carbocycles. The monoisotopic (exact) mass is 315 g/mol. The first kappa shape index (κ1) is 16.7. The van der Waals surface area contributed by atoms with Gasteiger partial charge in [0.1, 0.15) is 5.75 Å². The SMILES string of the molecule is COc1cc(CN(C)C)ccc1NC(=O)Nc1cnc(C)cn1. The average Bonchev–Trinajstić information content (AvgIpc) is 2.50. The van der Waals surface area contributed by atoms with Crippen LogP contribution in [0.2, 0.25) is 0 Å². The number of rotatable bonds is 5.